The first-order chi connectivity index (χ1) is 12.8. The fourth-order valence-corrected chi connectivity index (χ4v) is 1.90. The Morgan fingerprint density at radius 1 is 0.704 bits per heavy atom. The molecule has 2 aromatic carbocycles. The minimum Gasteiger partial charge on any atom is -0.294 e. The summed E-state index contributed by atoms with van der Waals surface area (Å²) in [5.74, 6) is 0.721. The van der Waals surface area contributed by atoms with E-state index in [4.69, 9.17) is 9.30 Å². The molecule has 0 unspecified atom stereocenters. The summed E-state index contributed by atoms with van der Waals surface area (Å²) in [4.78, 5) is 11.9. The van der Waals surface area contributed by atoms with Crippen molar-refractivity contribution in [1.82, 2.24) is 0 Å². The predicted molar refractivity (Wildman–Crippen MR) is 98.6 cm³/mol. The Hall–Kier alpha value is -1.72. The molecule has 1 saturated carbocycles. The summed E-state index contributed by atoms with van der Waals surface area (Å²) in [6.45, 7) is 12.9. The smallest absolute Gasteiger partial charge is 0.167 e. The van der Waals surface area contributed by atoms with E-state index in [1.54, 1.807) is 18.6 Å². The van der Waals surface area contributed by atoms with Gasteiger partial charge in [0.2, 0.25) is 0 Å². The van der Waals surface area contributed by atoms with E-state index in [1.807, 2.05) is 80.6 Å². The Balaban J connectivity index is 0. The van der Waals surface area contributed by atoms with Gasteiger partial charge in [0.15, 0.2) is 5.78 Å². The molecule has 0 bridgehead atoms. The molecule has 0 atom stereocenters. The maximum absolute atomic E-state index is 11.9. The molecule has 0 aliphatic heterocycles. The van der Waals surface area contributed by atoms with Crippen molar-refractivity contribution in [3.63, 3.8) is 0 Å². The Bertz CT molecular complexity index is 618. The predicted octanol–water partition coefficient (Wildman–Crippen LogP) is 4.47. The number of hydrogen-bond acceptors (Lipinski definition) is 1. The molecule has 4 heteroatoms. The van der Waals surface area contributed by atoms with Crippen LogP contribution in [0.4, 0.5) is 0 Å². The summed E-state index contributed by atoms with van der Waals surface area (Å²) < 4.78 is 15.0. The number of rotatable bonds is 4. The zero-order valence-electron chi connectivity index (χ0n) is 14.6. The van der Waals surface area contributed by atoms with Crippen LogP contribution in [0.3, 0.4) is 0 Å². The van der Waals surface area contributed by atoms with Gasteiger partial charge in [0.05, 0.1) is 0 Å². The second-order valence-electron chi connectivity index (χ2n) is 4.73. The van der Waals surface area contributed by atoms with Crippen LogP contribution in [0.1, 0.15) is 15.9 Å². The molecule has 0 spiro atoms. The minimum absolute atomic E-state index is 0. The number of hydrogen-bond donors (Lipinski definition) is 0. The maximum Gasteiger partial charge on any atom is 0.167 e. The third kappa shape index (κ3) is 12.3. The van der Waals surface area contributed by atoms with Gasteiger partial charge < -0.3 is 0 Å². The van der Waals surface area contributed by atoms with Crippen molar-refractivity contribution in [2.75, 3.05) is 0 Å². The first-order valence-corrected chi connectivity index (χ1v) is 7.53. The van der Waals surface area contributed by atoms with Gasteiger partial charge in [0.1, 0.15) is 0 Å². The van der Waals surface area contributed by atoms with Gasteiger partial charge in [0.25, 0.3) is 0 Å². The van der Waals surface area contributed by atoms with Gasteiger partial charge >= 0.3 is 22.6 Å². The second kappa shape index (κ2) is 19.1. The van der Waals surface area contributed by atoms with Crippen molar-refractivity contribution >= 4 is 5.78 Å². The van der Waals surface area contributed by atoms with Crippen molar-refractivity contribution in [1.29, 1.82) is 0 Å². The van der Waals surface area contributed by atoms with Crippen molar-refractivity contribution in [3.05, 3.63) is 136 Å². The van der Waals surface area contributed by atoms with Gasteiger partial charge in [-0.3, -0.25) is 4.79 Å². The largest absolute Gasteiger partial charge is 0.294 e. The number of carbonyl (C=O) groups is 1. The number of benzene rings is 2. The molecule has 1 aliphatic rings. The molecule has 0 heterocycles. The van der Waals surface area contributed by atoms with E-state index in [-0.39, 0.29) is 26.8 Å². The molecule has 0 saturated heterocycles. The van der Waals surface area contributed by atoms with Crippen LogP contribution in [0.5, 0.6) is 0 Å². The average Bonchev–Trinajstić information content (AvgIpc) is 3.32. The van der Waals surface area contributed by atoms with E-state index in [0.29, 0.717) is 5.56 Å². The van der Waals surface area contributed by atoms with Crippen LogP contribution in [-0.2, 0) is 30.4 Å². The van der Waals surface area contributed by atoms with Gasteiger partial charge in [-0.05, 0) is 44.6 Å². The first kappa shape index (κ1) is 27.5. The summed E-state index contributed by atoms with van der Waals surface area (Å²) in [6, 6.07) is 18.9. The Morgan fingerprint density at radius 3 is 1.41 bits per heavy atom. The quantitative estimate of drug-likeness (QED) is 0.301. The third-order valence-corrected chi connectivity index (χ3v) is 3.06. The molecular weight excluding hydrogens is 420 g/mol. The second-order valence-corrected chi connectivity index (χ2v) is 4.73. The molecule has 1 fully saturated rings. The van der Waals surface area contributed by atoms with Crippen LogP contribution < -0.4 is 0 Å². The van der Waals surface area contributed by atoms with E-state index in [2.05, 4.69) is 20.2 Å². The van der Waals surface area contributed by atoms with Crippen LogP contribution in [-0.4, -0.2) is 5.78 Å². The number of carbonyl (C=O) groups excluding carboxylic acids is 1. The fourth-order valence-electron chi connectivity index (χ4n) is 1.90. The molecule has 3 rings (SSSR count). The van der Waals surface area contributed by atoms with Crippen LogP contribution >= 0.6 is 0 Å². The zero-order valence-corrected chi connectivity index (χ0v) is 16.6. The molecule has 2 aromatic rings. The molecule has 0 amide bonds. The number of ketones is 1. The monoisotopic (exact) mass is 440 g/mol. The summed E-state index contributed by atoms with van der Waals surface area (Å²) in [7, 11) is 0. The average molecular weight is 438 g/mol. The van der Waals surface area contributed by atoms with Crippen LogP contribution in [0.25, 0.3) is 0 Å². The van der Waals surface area contributed by atoms with Crippen LogP contribution in [0.15, 0.2) is 60.7 Å². The van der Waals surface area contributed by atoms with E-state index in [0.717, 1.165) is 11.5 Å². The van der Waals surface area contributed by atoms with Gasteiger partial charge in [0, 0.05) is 39.0 Å². The molecule has 8 radical (unpaired) electrons. The van der Waals surface area contributed by atoms with Gasteiger partial charge in [-0.2, -0.15) is 0 Å². The zero-order chi connectivity index (χ0) is 19.6. The minimum atomic E-state index is -0.0144. The molecule has 27 heavy (non-hydrogen) atoms. The van der Waals surface area contributed by atoms with Crippen molar-refractivity contribution < 1.29 is 35.2 Å². The number of Topliss-reactive ketones (excluding diaryl/α,β-unsaturated/α-hetero) is 1. The summed E-state index contributed by atoms with van der Waals surface area (Å²) in [5.41, 5.74) is 1.65. The standard InChI is InChI=1S/C16H13O.C5H5.2CO.Mo/c1-13(14-8-4-2-5-9-14)12-16(17)15-10-6-3-7-11-15;1-2-4-5-3-1;2*1-2;/h2-12H,1H2;1-5H;;;. The van der Waals surface area contributed by atoms with Gasteiger partial charge in [-0.25, -0.2) is 0 Å². The maximum atomic E-state index is 11.9. The van der Waals surface area contributed by atoms with E-state index >= 15 is 0 Å². The third-order valence-electron chi connectivity index (χ3n) is 3.06. The topological polar surface area (TPSA) is 56.9 Å². The van der Waals surface area contributed by atoms with Crippen LogP contribution in [0.2, 0.25) is 0 Å². The molecule has 0 N–H and O–H groups in total. The van der Waals surface area contributed by atoms with Crippen molar-refractivity contribution in [2.45, 2.75) is 0 Å². The van der Waals surface area contributed by atoms with Crippen LogP contribution in [0, 0.1) is 64.7 Å². The molecule has 0 aromatic heterocycles. The molecule has 134 valence electrons. The van der Waals surface area contributed by atoms with Gasteiger partial charge in [-0.1, -0.05) is 60.7 Å². The Labute approximate surface area is 177 Å². The van der Waals surface area contributed by atoms with E-state index < -0.39 is 0 Å². The molecular formula is C23H18MoO3. The van der Waals surface area contributed by atoms with E-state index in [9.17, 15) is 4.79 Å². The van der Waals surface area contributed by atoms with Crippen molar-refractivity contribution in [2.24, 2.45) is 0 Å². The fraction of sp³-hybridized carbons (Fsp3) is 0. The Morgan fingerprint density at radius 2 is 1.04 bits per heavy atom. The summed E-state index contributed by atoms with van der Waals surface area (Å²) >= 11 is 0. The summed E-state index contributed by atoms with van der Waals surface area (Å²) in [6.07, 6.45) is 11.6. The molecule has 3 nitrogen and oxygen atoms in total. The Kier molecular flexibility index (Phi) is 19.4. The SMILES string of the molecule is [C-]#[O+].[C-]#[O+].[CH2][C]([CH]C(=O)c1ccccc1)c1ccccc1.[CH]1[CH][CH][CH][CH]1.[Mo]. The van der Waals surface area contributed by atoms with Crippen molar-refractivity contribution in [3.8, 4) is 0 Å². The van der Waals surface area contributed by atoms with E-state index in [1.165, 1.54) is 0 Å². The molecule has 1 aliphatic carbocycles. The van der Waals surface area contributed by atoms with Gasteiger partial charge in [-0.15, -0.1) is 0 Å². The first-order valence-electron chi connectivity index (χ1n) is 7.53. The normalized spacial score (nSPS) is 11.2. The summed E-state index contributed by atoms with van der Waals surface area (Å²) in [5, 5.41) is 0.